The summed E-state index contributed by atoms with van der Waals surface area (Å²) in [6.45, 7) is 0. The van der Waals surface area contributed by atoms with Crippen molar-refractivity contribution in [2.24, 2.45) is 0 Å². The molecule has 1 aromatic heterocycles. The standard InChI is InChI=1S/C9H6ClN5O3/c10-7-12-8(11)14-9(13-7)18-6-3-1-5(2-4-6)15(16)17/h1-4H,(H2,11,12,13,14). The second-order valence-corrected chi connectivity index (χ2v) is 3.44. The van der Waals surface area contributed by atoms with Crippen LogP contribution in [0.5, 0.6) is 11.8 Å². The van der Waals surface area contributed by atoms with Gasteiger partial charge < -0.3 is 10.5 Å². The van der Waals surface area contributed by atoms with Crippen molar-refractivity contribution in [1.82, 2.24) is 15.0 Å². The van der Waals surface area contributed by atoms with Crippen LogP contribution in [0.15, 0.2) is 24.3 Å². The first-order chi connectivity index (χ1) is 8.54. The van der Waals surface area contributed by atoms with Gasteiger partial charge in [-0.25, -0.2) is 0 Å². The summed E-state index contributed by atoms with van der Waals surface area (Å²) in [6.07, 6.45) is 0. The van der Waals surface area contributed by atoms with Crippen LogP contribution in [-0.2, 0) is 0 Å². The highest BCUT2D eigenvalue weighted by molar-refractivity contribution is 6.28. The van der Waals surface area contributed by atoms with E-state index in [1.807, 2.05) is 0 Å². The highest BCUT2D eigenvalue weighted by atomic mass is 35.5. The fourth-order valence-electron chi connectivity index (χ4n) is 1.13. The van der Waals surface area contributed by atoms with Gasteiger partial charge in [0.25, 0.3) is 5.69 Å². The maximum Gasteiger partial charge on any atom is 0.328 e. The topological polar surface area (TPSA) is 117 Å². The highest BCUT2D eigenvalue weighted by Gasteiger charge is 2.08. The van der Waals surface area contributed by atoms with Crippen LogP contribution >= 0.6 is 11.6 Å². The fraction of sp³-hybridized carbons (Fsp3) is 0. The van der Waals surface area contributed by atoms with E-state index in [9.17, 15) is 10.1 Å². The van der Waals surface area contributed by atoms with Crippen LogP contribution in [0, 0.1) is 10.1 Å². The van der Waals surface area contributed by atoms with E-state index in [2.05, 4.69) is 15.0 Å². The number of benzene rings is 1. The van der Waals surface area contributed by atoms with Gasteiger partial charge in [-0.05, 0) is 23.7 Å². The maximum absolute atomic E-state index is 10.5. The summed E-state index contributed by atoms with van der Waals surface area (Å²) in [5.41, 5.74) is 5.32. The van der Waals surface area contributed by atoms with E-state index < -0.39 is 4.92 Å². The third-order valence-corrected chi connectivity index (χ3v) is 2.03. The van der Waals surface area contributed by atoms with Crippen molar-refractivity contribution in [3.05, 3.63) is 39.7 Å². The number of nitrogens with zero attached hydrogens (tertiary/aromatic N) is 4. The van der Waals surface area contributed by atoms with E-state index in [1.54, 1.807) is 0 Å². The zero-order valence-corrected chi connectivity index (χ0v) is 9.53. The van der Waals surface area contributed by atoms with Crippen molar-refractivity contribution < 1.29 is 9.66 Å². The molecule has 0 saturated heterocycles. The number of nitro groups is 1. The lowest BCUT2D eigenvalue weighted by atomic mass is 10.3. The molecule has 0 amide bonds. The highest BCUT2D eigenvalue weighted by Crippen LogP contribution is 2.22. The number of nitro benzene ring substituents is 1. The van der Waals surface area contributed by atoms with E-state index in [4.69, 9.17) is 22.1 Å². The number of hydrogen-bond donors (Lipinski definition) is 1. The zero-order valence-electron chi connectivity index (χ0n) is 8.78. The van der Waals surface area contributed by atoms with E-state index in [-0.39, 0.29) is 22.9 Å². The number of halogens is 1. The van der Waals surface area contributed by atoms with Crippen LogP contribution in [0.1, 0.15) is 0 Å². The third kappa shape index (κ3) is 2.80. The first-order valence-electron chi connectivity index (χ1n) is 4.64. The first-order valence-corrected chi connectivity index (χ1v) is 5.02. The number of nitrogen functional groups attached to an aromatic ring is 1. The van der Waals surface area contributed by atoms with Crippen molar-refractivity contribution in [3.63, 3.8) is 0 Å². The van der Waals surface area contributed by atoms with Gasteiger partial charge in [-0.2, -0.15) is 15.0 Å². The Morgan fingerprint density at radius 1 is 1.22 bits per heavy atom. The summed E-state index contributed by atoms with van der Waals surface area (Å²) in [5, 5.41) is 10.4. The lowest BCUT2D eigenvalue weighted by Crippen LogP contribution is -2.00. The zero-order chi connectivity index (χ0) is 13.1. The summed E-state index contributed by atoms with van der Waals surface area (Å²) < 4.78 is 5.23. The third-order valence-electron chi connectivity index (χ3n) is 1.86. The second-order valence-electron chi connectivity index (χ2n) is 3.10. The Bertz CT molecular complexity index is 569. The minimum atomic E-state index is -0.512. The van der Waals surface area contributed by atoms with E-state index in [0.717, 1.165) is 0 Å². The molecule has 0 aliphatic rings. The Balaban J connectivity index is 2.20. The average molecular weight is 268 g/mol. The van der Waals surface area contributed by atoms with Gasteiger partial charge in [0.1, 0.15) is 5.75 Å². The fourth-order valence-corrected chi connectivity index (χ4v) is 1.29. The van der Waals surface area contributed by atoms with Gasteiger partial charge in [-0.15, -0.1) is 0 Å². The molecule has 1 heterocycles. The smallest absolute Gasteiger partial charge is 0.328 e. The number of anilines is 1. The average Bonchev–Trinajstić information content (AvgIpc) is 2.28. The number of rotatable bonds is 3. The van der Waals surface area contributed by atoms with Crippen LogP contribution in [0.3, 0.4) is 0 Å². The van der Waals surface area contributed by atoms with E-state index >= 15 is 0 Å². The van der Waals surface area contributed by atoms with Gasteiger partial charge in [0.05, 0.1) is 4.92 Å². The predicted octanol–water partition coefficient (Wildman–Crippen LogP) is 1.81. The number of aromatic nitrogens is 3. The Labute approximate surface area is 106 Å². The summed E-state index contributed by atoms with van der Waals surface area (Å²) in [7, 11) is 0. The molecule has 0 spiro atoms. The van der Waals surface area contributed by atoms with Gasteiger partial charge in [-0.3, -0.25) is 10.1 Å². The quantitative estimate of drug-likeness (QED) is 0.665. The molecule has 8 nitrogen and oxygen atoms in total. The number of ether oxygens (including phenoxy) is 1. The van der Waals surface area contributed by atoms with Crippen molar-refractivity contribution in [2.45, 2.75) is 0 Å². The van der Waals surface area contributed by atoms with Crippen molar-refractivity contribution in [3.8, 4) is 11.8 Å². The minimum absolute atomic E-state index is 0.0458. The van der Waals surface area contributed by atoms with Gasteiger partial charge in [-0.1, -0.05) is 0 Å². The molecule has 2 rings (SSSR count). The molecular formula is C9H6ClN5O3. The molecular weight excluding hydrogens is 262 g/mol. The molecule has 0 atom stereocenters. The lowest BCUT2D eigenvalue weighted by molar-refractivity contribution is -0.384. The molecule has 0 unspecified atom stereocenters. The summed E-state index contributed by atoms with van der Waals surface area (Å²) >= 11 is 5.57. The summed E-state index contributed by atoms with van der Waals surface area (Å²) in [4.78, 5) is 20.9. The number of non-ortho nitro benzene ring substituents is 1. The summed E-state index contributed by atoms with van der Waals surface area (Å²) in [6, 6.07) is 5.32. The van der Waals surface area contributed by atoms with Crippen molar-refractivity contribution in [1.29, 1.82) is 0 Å². The van der Waals surface area contributed by atoms with Gasteiger partial charge in [0, 0.05) is 12.1 Å². The van der Waals surface area contributed by atoms with Crippen LogP contribution in [0.4, 0.5) is 11.6 Å². The van der Waals surface area contributed by atoms with Gasteiger partial charge in [0.2, 0.25) is 11.2 Å². The van der Waals surface area contributed by atoms with Crippen molar-refractivity contribution in [2.75, 3.05) is 5.73 Å². The first kappa shape index (κ1) is 12.0. The van der Waals surface area contributed by atoms with E-state index in [0.29, 0.717) is 5.75 Å². The number of nitrogens with two attached hydrogens (primary N) is 1. The van der Waals surface area contributed by atoms with Crippen LogP contribution in [0.25, 0.3) is 0 Å². The molecule has 2 N–H and O–H groups in total. The molecule has 92 valence electrons. The lowest BCUT2D eigenvalue weighted by Gasteiger charge is -2.03. The van der Waals surface area contributed by atoms with E-state index in [1.165, 1.54) is 24.3 Å². The van der Waals surface area contributed by atoms with Gasteiger partial charge >= 0.3 is 6.01 Å². The second kappa shape index (κ2) is 4.80. The van der Waals surface area contributed by atoms with Crippen LogP contribution in [0.2, 0.25) is 5.28 Å². The molecule has 0 bridgehead atoms. The monoisotopic (exact) mass is 267 g/mol. The number of hydrogen-bond acceptors (Lipinski definition) is 7. The Kier molecular flexibility index (Phi) is 3.20. The van der Waals surface area contributed by atoms with Crippen LogP contribution < -0.4 is 10.5 Å². The molecule has 9 heteroatoms. The Hall–Kier alpha value is -2.48. The van der Waals surface area contributed by atoms with Gasteiger partial charge in [0.15, 0.2) is 0 Å². The SMILES string of the molecule is Nc1nc(Cl)nc(Oc2ccc([N+](=O)[O-])cc2)n1. The summed E-state index contributed by atoms with van der Waals surface area (Å²) in [5.74, 6) is 0.245. The maximum atomic E-state index is 10.5. The molecule has 0 aliphatic heterocycles. The Morgan fingerprint density at radius 2 is 1.89 bits per heavy atom. The predicted molar refractivity (Wildman–Crippen MR) is 62.4 cm³/mol. The molecule has 0 aliphatic carbocycles. The molecule has 0 saturated carbocycles. The van der Waals surface area contributed by atoms with Crippen molar-refractivity contribution >= 4 is 23.2 Å². The largest absolute Gasteiger partial charge is 0.424 e. The molecule has 1 aromatic carbocycles. The molecule has 2 aromatic rings. The molecule has 18 heavy (non-hydrogen) atoms. The Morgan fingerprint density at radius 3 is 2.44 bits per heavy atom. The molecule has 0 fully saturated rings. The molecule has 0 radical (unpaired) electrons. The van der Waals surface area contributed by atoms with Crippen LogP contribution in [-0.4, -0.2) is 19.9 Å². The normalized spacial score (nSPS) is 10.1. The minimum Gasteiger partial charge on any atom is -0.424 e.